The summed E-state index contributed by atoms with van der Waals surface area (Å²) in [7, 11) is 1.26. The molecule has 2 rings (SSSR count). The summed E-state index contributed by atoms with van der Waals surface area (Å²) in [5.74, 6) is -2.24. The van der Waals surface area contributed by atoms with Crippen molar-refractivity contribution in [1.29, 1.82) is 0 Å². The normalized spacial score (nSPS) is 10.8. The van der Waals surface area contributed by atoms with Crippen molar-refractivity contribution in [3.63, 3.8) is 0 Å². The van der Waals surface area contributed by atoms with Crippen LogP contribution < -0.4 is 5.43 Å². The van der Waals surface area contributed by atoms with Gasteiger partial charge in [-0.1, -0.05) is 6.07 Å². The number of hydrogen-bond acceptors (Lipinski definition) is 5. The lowest BCUT2D eigenvalue weighted by atomic mass is 10.1. The lowest BCUT2D eigenvalue weighted by Gasteiger charge is -2.00. The third-order valence-corrected chi connectivity index (χ3v) is 2.58. The number of carboxylic acids is 1. The highest BCUT2D eigenvalue weighted by molar-refractivity contribution is 5.90. The highest BCUT2D eigenvalue weighted by atomic mass is 16.5. The Morgan fingerprint density at radius 3 is 2.70 bits per heavy atom. The fourth-order valence-electron chi connectivity index (χ4n) is 1.62. The van der Waals surface area contributed by atoms with Crippen LogP contribution in [0.1, 0.15) is 16.1 Å². The van der Waals surface area contributed by atoms with Gasteiger partial charge in [-0.25, -0.2) is 9.59 Å². The van der Waals surface area contributed by atoms with E-state index in [1.165, 1.54) is 31.4 Å². The molecular formula is C14H10O6. The number of carbonyl (C=O) groups excluding carboxylic acids is 1. The molecule has 102 valence electrons. The van der Waals surface area contributed by atoms with Crippen LogP contribution in [0.25, 0.3) is 17.0 Å². The van der Waals surface area contributed by atoms with E-state index in [1.54, 1.807) is 6.07 Å². The zero-order valence-corrected chi connectivity index (χ0v) is 10.5. The Balaban J connectivity index is 2.50. The van der Waals surface area contributed by atoms with E-state index in [9.17, 15) is 14.4 Å². The Morgan fingerprint density at radius 2 is 2.05 bits per heavy atom. The van der Waals surface area contributed by atoms with Crippen LogP contribution in [-0.4, -0.2) is 24.2 Å². The minimum Gasteiger partial charge on any atom is -0.475 e. The Labute approximate surface area is 112 Å². The van der Waals surface area contributed by atoms with Gasteiger partial charge in [0.1, 0.15) is 5.58 Å². The average Bonchev–Trinajstić information content (AvgIpc) is 2.44. The van der Waals surface area contributed by atoms with Gasteiger partial charge in [-0.05, 0) is 23.8 Å². The van der Waals surface area contributed by atoms with Crippen molar-refractivity contribution in [3.05, 3.63) is 51.9 Å². The van der Waals surface area contributed by atoms with Gasteiger partial charge in [-0.3, -0.25) is 4.79 Å². The Hall–Kier alpha value is -2.89. The topological polar surface area (TPSA) is 93.8 Å². The lowest BCUT2D eigenvalue weighted by molar-refractivity contribution is -0.134. The molecule has 1 heterocycles. The average molecular weight is 274 g/mol. The first-order valence-corrected chi connectivity index (χ1v) is 5.58. The van der Waals surface area contributed by atoms with Gasteiger partial charge >= 0.3 is 11.9 Å². The Kier molecular flexibility index (Phi) is 3.65. The molecule has 0 aliphatic heterocycles. The maximum Gasteiger partial charge on any atom is 0.371 e. The SMILES string of the molecule is COC(=O)C=Cc1ccc2oc(C(=O)O)cc(=O)c2c1. The minimum absolute atomic E-state index is 0.171. The second-order valence-corrected chi connectivity index (χ2v) is 3.89. The third-order valence-electron chi connectivity index (χ3n) is 2.58. The monoisotopic (exact) mass is 274 g/mol. The van der Waals surface area contributed by atoms with E-state index >= 15 is 0 Å². The smallest absolute Gasteiger partial charge is 0.371 e. The summed E-state index contributed by atoms with van der Waals surface area (Å²) in [6.07, 6.45) is 2.70. The molecule has 0 fully saturated rings. The van der Waals surface area contributed by atoms with E-state index in [2.05, 4.69) is 4.74 Å². The number of methoxy groups -OCH3 is 1. The summed E-state index contributed by atoms with van der Waals surface area (Å²) in [5, 5.41) is 9.04. The zero-order chi connectivity index (χ0) is 14.7. The van der Waals surface area contributed by atoms with E-state index in [1.807, 2.05) is 0 Å². The molecule has 0 unspecified atom stereocenters. The molecule has 2 aromatic rings. The molecule has 0 amide bonds. The molecule has 0 saturated carbocycles. The molecule has 0 aliphatic carbocycles. The van der Waals surface area contributed by atoms with Crippen molar-refractivity contribution >= 4 is 29.0 Å². The number of carboxylic acid groups (broad SMARTS) is 1. The number of ether oxygens (including phenoxy) is 1. The quantitative estimate of drug-likeness (QED) is 0.676. The lowest BCUT2D eigenvalue weighted by Crippen LogP contribution is -2.06. The molecule has 20 heavy (non-hydrogen) atoms. The van der Waals surface area contributed by atoms with Crippen LogP contribution in [-0.2, 0) is 9.53 Å². The predicted octanol–water partition coefficient (Wildman–Crippen LogP) is 1.68. The van der Waals surface area contributed by atoms with Crippen LogP contribution >= 0.6 is 0 Å². The number of rotatable bonds is 3. The van der Waals surface area contributed by atoms with Crippen molar-refractivity contribution < 1.29 is 23.8 Å². The van der Waals surface area contributed by atoms with E-state index in [4.69, 9.17) is 9.52 Å². The summed E-state index contributed by atoms with van der Waals surface area (Å²) >= 11 is 0. The van der Waals surface area contributed by atoms with Gasteiger partial charge in [0, 0.05) is 12.1 Å². The van der Waals surface area contributed by atoms with Crippen molar-refractivity contribution in [1.82, 2.24) is 0 Å². The highest BCUT2D eigenvalue weighted by Gasteiger charge is 2.10. The minimum atomic E-state index is -1.31. The van der Waals surface area contributed by atoms with Gasteiger partial charge in [0.25, 0.3) is 0 Å². The molecule has 0 atom stereocenters. The van der Waals surface area contributed by atoms with Crippen molar-refractivity contribution in [2.45, 2.75) is 0 Å². The van der Waals surface area contributed by atoms with Crippen molar-refractivity contribution in [2.75, 3.05) is 7.11 Å². The Bertz CT molecular complexity index is 769. The van der Waals surface area contributed by atoms with Gasteiger partial charge in [-0.2, -0.15) is 0 Å². The van der Waals surface area contributed by atoms with Gasteiger partial charge < -0.3 is 14.3 Å². The van der Waals surface area contributed by atoms with Gasteiger partial charge in [0.05, 0.1) is 12.5 Å². The molecule has 1 aromatic heterocycles. The summed E-state index contributed by atoms with van der Waals surface area (Å²) < 4.78 is 9.54. The molecule has 0 saturated heterocycles. The first-order chi connectivity index (χ1) is 9.51. The van der Waals surface area contributed by atoms with E-state index in [-0.39, 0.29) is 11.0 Å². The molecule has 0 spiro atoms. The number of aromatic carboxylic acids is 1. The van der Waals surface area contributed by atoms with Crippen LogP contribution in [0.5, 0.6) is 0 Å². The third kappa shape index (κ3) is 2.74. The Morgan fingerprint density at radius 1 is 1.30 bits per heavy atom. The first-order valence-electron chi connectivity index (χ1n) is 5.58. The molecular weight excluding hydrogens is 264 g/mol. The predicted molar refractivity (Wildman–Crippen MR) is 70.5 cm³/mol. The molecule has 1 aromatic carbocycles. The summed E-state index contributed by atoms with van der Waals surface area (Å²) in [6, 6.07) is 5.49. The van der Waals surface area contributed by atoms with Crippen LogP contribution in [0.3, 0.4) is 0 Å². The van der Waals surface area contributed by atoms with E-state index in [0.29, 0.717) is 5.56 Å². The standard InChI is InChI=1S/C14H10O6/c1-19-13(16)5-3-8-2-4-11-9(6-8)10(15)7-12(20-11)14(17)18/h2-7H,1H3,(H,17,18). The molecule has 0 radical (unpaired) electrons. The largest absolute Gasteiger partial charge is 0.475 e. The number of fused-ring (bicyclic) bond motifs is 1. The maximum atomic E-state index is 11.8. The number of benzene rings is 1. The van der Waals surface area contributed by atoms with Crippen LogP contribution in [0, 0.1) is 0 Å². The van der Waals surface area contributed by atoms with Crippen LogP contribution in [0.4, 0.5) is 0 Å². The van der Waals surface area contributed by atoms with Gasteiger partial charge in [0.2, 0.25) is 5.76 Å². The van der Waals surface area contributed by atoms with E-state index < -0.39 is 23.1 Å². The molecule has 0 bridgehead atoms. The molecule has 6 heteroatoms. The highest BCUT2D eigenvalue weighted by Crippen LogP contribution is 2.15. The molecule has 6 nitrogen and oxygen atoms in total. The number of esters is 1. The fraction of sp³-hybridized carbons (Fsp3) is 0.0714. The summed E-state index contributed by atoms with van der Waals surface area (Å²) in [6.45, 7) is 0. The van der Waals surface area contributed by atoms with E-state index in [0.717, 1.165) is 6.07 Å². The second kappa shape index (κ2) is 5.40. The number of carbonyl (C=O) groups is 2. The number of hydrogen-bond donors (Lipinski definition) is 1. The maximum absolute atomic E-state index is 11.8. The van der Waals surface area contributed by atoms with Crippen molar-refractivity contribution in [2.24, 2.45) is 0 Å². The molecule has 1 N–H and O–H groups in total. The van der Waals surface area contributed by atoms with Crippen molar-refractivity contribution in [3.8, 4) is 0 Å². The van der Waals surface area contributed by atoms with Gasteiger partial charge in [-0.15, -0.1) is 0 Å². The summed E-state index contributed by atoms with van der Waals surface area (Å²) in [5.41, 5.74) is 0.306. The van der Waals surface area contributed by atoms with Crippen LogP contribution in [0.15, 0.2) is 39.6 Å². The molecule has 0 aliphatic rings. The van der Waals surface area contributed by atoms with Gasteiger partial charge in [0.15, 0.2) is 5.43 Å². The first kappa shape index (κ1) is 13.5. The van der Waals surface area contributed by atoms with Crippen LogP contribution in [0.2, 0.25) is 0 Å². The zero-order valence-electron chi connectivity index (χ0n) is 10.5. The summed E-state index contributed by atoms with van der Waals surface area (Å²) in [4.78, 5) is 33.6. The second-order valence-electron chi connectivity index (χ2n) is 3.89. The fourth-order valence-corrected chi connectivity index (χ4v) is 1.62.